The molecule has 1 amide bonds. The maximum atomic E-state index is 12.4. The maximum Gasteiger partial charge on any atom is 0.267 e. The maximum absolute atomic E-state index is 12.4. The highest BCUT2D eigenvalue weighted by Gasteiger charge is 2.12. The Kier molecular flexibility index (Phi) is 7.74. The summed E-state index contributed by atoms with van der Waals surface area (Å²) in [5.74, 6) is -0.573. The van der Waals surface area contributed by atoms with Gasteiger partial charge in [0.15, 0.2) is 0 Å². The number of benzene rings is 2. The highest BCUT2D eigenvalue weighted by atomic mass is 35.5. The molecular formula is C21H22Cl2N4O. The topological polar surface area (TPSA) is 68.2 Å². The number of anilines is 3. The molecule has 28 heavy (non-hydrogen) atoms. The fraction of sp³-hybridized carbons (Fsp3) is 0.238. The number of nitrogens with one attached hydrogen (secondary N) is 2. The fourth-order valence-electron chi connectivity index (χ4n) is 2.68. The first-order chi connectivity index (χ1) is 13.4. The first-order valence-electron chi connectivity index (χ1n) is 8.88. The summed E-state index contributed by atoms with van der Waals surface area (Å²) in [7, 11) is 0. The van der Waals surface area contributed by atoms with Gasteiger partial charge in [-0.2, -0.15) is 5.26 Å². The van der Waals surface area contributed by atoms with Gasteiger partial charge < -0.3 is 15.5 Å². The molecule has 0 heterocycles. The SMILES string of the molecule is CCN(CC)c1ccc(N/C=C(/C#N)C(=O)Nc2cc(Cl)ccc2Cl)c(C)c1. The molecule has 0 aromatic heterocycles. The molecule has 2 aromatic carbocycles. The van der Waals surface area contributed by atoms with E-state index in [4.69, 9.17) is 23.2 Å². The van der Waals surface area contributed by atoms with Crippen LogP contribution in [0.1, 0.15) is 19.4 Å². The smallest absolute Gasteiger partial charge is 0.267 e. The third-order valence-electron chi connectivity index (χ3n) is 4.25. The van der Waals surface area contributed by atoms with Crippen LogP contribution in [0, 0.1) is 18.3 Å². The van der Waals surface area contributed by atoms with Crippen molar-refractivity contribution in [1.29, 1.82) is 5.26 Å². The van der Waals surface area contributed by atoms with Crippen LogP contribution in [0.4, 0.5) is 17.1 Å². The summed E-state index contributed by atoms with van der Waals surface area (Å²) < 4.78 is 0. The lowest BCUT2D eigenvalue weighted by atomic mass is 10.1. The van der Waals surface area contributed by atoms with Gasteiger partial charge in [-0.15, -0.1) is 0 Å². The number of aryl methyl sites for hydroxylation is 1. The van der Waals surface area contributed by atoms with Crippen molar-refractivity contribution in [3.05, 3.63) is 63.8 Å². The number of rotatable bonds is 7. The summed E-state index contributed by atoms with van der Waals surface area (Å²) in [5.41, 5.74) is 3.22. The molecule has 0 saturated carbocycles. The Morgan fingerprint density at radius 2 is 1.86 bits per heavy atom. The van der Waals surface area contributed by atoms with E-state index in [0.29, 0.717) is 15.7 Å². The lowest BCUT2D eigenvalue weighted by Gasteiger charge is -2.22. The zero-order chi connectivity index (χ0) is 20.7. The Hall–Kier alpha value is -2.68. The Labute approximate surface area is 175 Å². The summed E-state index contributed by atoms with van der Waals surface area (Å²) in [5, 5.41) is 15.8. The molecule has 2 aromatic rings. The molecule has 0 aliphatic rings. The van der Waals surface area contributed by atoms with Crippen molar-refractivity contribution < 1.29 is 4.79 Å². The monoisotopic (exact) mass is 416 g/mol. The molecular weight excluding hydrogens is 395 g/mol. The molecule has 0 radical (unpaired) electrons. The Morgan fingerprint density at radius 1 is 1.14 bits per heavy atom. The van der Waals surface area contributed by atoms with E-state index < -0.39 is 5.91 Å². The van der Waals surface area contributed by atoms with Crippen molar-refractivity contribution in [3.63, 3.8) is 0 Å². The second kappa shape index (κ2) is 10.0. The van der Waals surface area contributed by atoms with Gasteiger partial charge in [-0.05, 0) is 62.7 Å². The first kappa shape index (κ1) is 21.6. The highest BCUT2D eigenvalue weighted by Crippen LogP contribution is 2.26. The fourth-order valence-corrected chi connectivity index (χ4v) is 3.01. The largest absolute Gasteiger partial charge is 0.372 e. The van der Waals surface area contributed by atoms with E-state index >= 15 is 0 Å². The van der Waals surface area contributed by atoms with E-state index in [1.165, 1.54) is 12.3 Å². The number of carbonyl (C=O) groups excluding carboxylic acids is 1. The van der Waals surface area contributed by atoms with E-state index in [2.05, 4.69) is 35.4 Å². The molecule has 0 atom stereocenters. The van der Waals surface area contributed by atoms with Gasteiger partial charge in [0.2, 0.25) is 0 Å². The van der Waals surface area contributed by atoms with Gasteiger partial charge in [0.05, 0.1) is 10.7 Å². The van der Waals surface area contributed by atoms with Gasteiger partial charge in [-0.1, -0.05) is 23.2 Å². The number of carbonyl (C=O) groups is 1. The average molecular weight is 417 g/mol. The number of hydrogen-bond acceptors (Lipinski definition) is 4. The number of amides is 1. The lowest BCUT2D eigenvalue weighted by molar-refractivity contribution is -0.112. The van der Waals surface area contributed by atoms with Crippen LogP contribution in [0.25, 0.3) is 0 Å². The molecule has 0 aliphatic carbocycles. The van der Waals surface area contributed by atoms with E-state index in [1.54, 1.807) is 12.1 Å². The minimum atomic E-state index is -0.573. The van der Waals surface area contributed by atoms with Gasteiger partial charge in [0.1, 0.15) is 11.6 Å². The van der Waals surface area contributed by atoms with Crippen molar-refractivity contribution in [1.82, 2.24) is 0 Å². The molecule has 7 heteroatoms. The molecule has 0 spiro atoms. The number of nitriles is 1. The van der Waals surface area contributed by atoms with Crippen LogP contribution in [-0.2, 0) is 4.79 Å². The van der Waals surface area contributed by atoms with Crippen molar-refractivity contribution >= 4 is 46.2 Å². The van der Waals surface area contributed by atoms with Gasteiger partial charge in [0, 0.05) is 35.7 Å². The van der Waals surface area contributed by atoms with Crippen molar-refractivity contribution in [2.75, 3.05) is 28.6 Å². The van der Waals surface area contributed by atoms with E-state index in [0.717, 1.165) is 30.0 Å². The van der Waals surface area contributed by atoms with Crippen molar-refractivity contribution in [3.8, 4) is 6.07 Å². The molecule has 2 N–H and O–H groups in total. The Morgan fingerprint density at radius 3 is 2.46 bits per heavy atom. The van der Waals surface area contributed by atoms with Gasteiger partial charge >= 0.3 is 0 Å². The summed E-state index contributed by atoms with van der Waals surface area (Å²) in [6, 6.07) is 12.6. The normalized spacial score (nSPS) is 10.9. The lowest BCUT2D eigenvalue weighted by Crippen LogP contribution is -2.21. The van der Waals surface area contributed by atoms with Gasteiger partial charge in [-0.25, -0.2) is 0 Å². The summed E-state index contributed by atoms with van der Waals surface area (Å²) >= 11 is 12.0. The standard InChI is InChI=1S/C21H22Cl2N4O/c1-4-27(5-2)17-7-9-19(14(3)10-17)25-13-15(12-24)21(28)26-20-11-16(22)6-8-18(20)23/h6-11,13,25H,4-5H2,1-3H3,(H,26,28)/b15-13-. The Balaban J connectivity index is 2.15. The predicted octanol–water partition coefficient (Wildman–Crippen LogP) is 5.61. The number of halogens is 2. The minimum absolute atomic E-state index is 0.0803. The first-order valence-corrected chi connectivity index (χ1v) is 9.64. The zero-order valence-electron chi connectivity index (χ0n) is 16.0. The quantitative estimate of drug-likeness (QED) is 0.454. The zero-order valence-corrected chi connectivity index (χ0v) is 17.5. The van der Waals surface area contributed by atoms with Crippen LogP contribution < -0.4 is 15.5 Å². The third kappa shape index (κ3) is 5.41. The minimum Gasteiger partial charge on any atom is -0.372 e. The third-order valence-corrected chi connectivity index (χ3v) is 4.82. The molecule has 0 fully saturated rings. The van der Waals surface area contributed by atoms with E-state index in [9.17, 15) is 10.1 Å². The number of hydrogen-bond donors (Lipinski definition) is 2. The number of nitrogens with zero attached hydrogens (tertiary/aromatic N) is 2. The molecule has 0 saturated heterocycles. The van der Waals surface area contributed by atoms with E-state index in [1.807, 2.05) is 25.1 Å². The van der Waals surface area contributed by atoms with Crippen LogP contribution in [0.15, 0.2) is 48.2 Å². The van der Waals surface area contributed by atoms with Crippen LogP contribution in [0.2, 0.25) is 10.0 Å². The van der Waals surface area contributed by atoms with E-state index in [-0.39, 0.29) is 5.57 Å². The van der Waals surface area contributed by atoms with Crippen LogP contribution in [0.3, 0.4) is 0 Å². The molecule has 0 bridgehead atoms. The highest BCUT2D eigenvalue weighted by molar-refractivity contribution is 6.36. The summed E-state index contributed by atoms with van der Waals surface area (Å²) in [6.45, 7) is 8.04. The molecule has 0 aliphatic heterocycles. The molecule has 146 valence electrons. The predicted molar refractivity (Wildman–Crippen MR) is 117 cm³/mol. The van der Waals surface area contributed by atoms with Crippen LogP contribution >= 0.6 is 23.2 Å². The Bertz CT molecular complexity index is 930. The molecule has 2 rings (SSSR count). The van der Waals surface area contributed by atoms with Gasteiger partial charge in [0.25, 0.3) is 5.91 Å². The second-order valence-electron chi connectivity index (χ2n) is 6.06. The van der Waals surface area contributed by atoms with Gasteiger partial charge in [-0.3, -0.25) is 4.79 Å². The molecule has 5 nitrogen and oxygen atoms in total. The van der Waals surface area contributed by atoms with Crippen LogP contribution in [0.5, 0.6) is 0 Å². The second-order valence-corrected chi connectivity index (χ2v) is 6.91. The van der Waals surface area contributed by atoms with Crippen molar-refractivity contribution in [2.24, 2.45) is 0 Å². The van der Waals surface area contributed by atoms with Crippen molar-refractivity contribution in [2.45, 2.75) is 20.8 Å². The molecule has 0 unspecified atom stereocenters. The summed E-state index contributed by atoms with van der Waals surface area (Å²) in [6.07, 6.45) is 1.38. The summed E-state index contributed by atoms with van der Waals surface area (Å²) in [4.78, 5) is 14.6. The van der Waals surface area contributed by atoms with Crippen LogP contribution in [-0.4, -0.2) is 19.0 Å². The average Bonchev–Trinajstić information content (AvgIpc) is 2.67.